The van der Waals surface area contributed by atoms with Crippen molar-refractivity contribution < 1.29 is 17.4 Å². The number of nitrogens with one attached hydrogen (secondary N) is 2. The maximum absolute atomic E-state index is 3.75. The fraction of sp³-hybridized carbons (Fsp3) is 0.250. The predicted molar refractivity (Wildman–Crippen MR) is 91.6 cm³/mol. The van der Waals surface area contributed by atoms with Gasteiger partial charge in [-0.25, -0.2) is 4.98 Å². The van der Waals surface area contributed by atoms with Crippen molar-refractivity contribution >= 4 is 22.3 Å². The summed E-state index contributed by atoms with van der Waals surface area (Å²) >= 11 is 0. The largest absolute Gasteiger partial charge is 1.00 e. The second-order valence-electron chi connectivity index (χ2n) is 5.99. The van der Waals surface area contributed by atoms with Crippen molar-refractivity contribution in [2.75, 3.05) is 5.32 Å². The lowest BCUT2D eigenvalue weighted by atomic mass is 10.0. The van der Waals surface area contributed by atoms with Gasteiger partial charge in [0.15, 0.2) is 5.69 Å². The Labute approximate surface area is 143 Å². The number of hydrogen-bond acceptors (Lipinski definition) is 1. The van der Waals surface area contributed by atoms with Crippen LogP contribution < -0.4 is 22.7 Å². The first-order valence-corrected chi connectivity index (χ1v) is 8.17. The molecule has 0 radical (unpaired) electrons. The molecule has 2 aromatic carbocycles. The maximum atomic E-state index is 3.75. The molecule has 0 aliphatic heterocycles. The van der Waals surface area contributed by atoms with Crippen molar-refractivity contribution in [1.82, 2.24) is 0 Å². The third kappa shape index (κ3) is 2.79. The Bertz CT molecular complexity index is 842. The summed E-state index contributed by atoms with van der Waals surface area (Å²) in [6.45, 7) is 2.21. The highest BCUT2D eigenvalue weighted by atomic mass is 35.5. The van der Waals surface area contributed by atoms with Gasteiger partial charge in [0, 0.05) is 23.7 Å². The highest BCUT2D eigenvalue weighted by Gasteiger charge is 2.24. The minimum absolute atomic E-state index is 0. The quantitative estimate of drug-likeness (QED) is 0.775. The highest BCUT2D eigenvalue weighted by molar-refractivity contribution is 5.93. The van der Waals surface area contributed by atoms with E-state index in [9.17, 15) is 0 Å². The summed E-state index contributed by atoms with van der Waals surface area (Å²) in [5, 5.41) is 5.03. The zero-order valence-electron chi connectivity index (χ0n) is 13.3. The van der Waals surface area contributed by atoms with Gasteiger partial charge in [-0.1, -0.05) is 37.3 Å². The normalized spacial score (nSPS) is 12.7. The van der Waals surface area contributed by atoms with Gasteiger partial charge in [-0.3, -0.25) is 0 Å². The molecule has 3 heteroatoms. The van der Waals surface area contributed by atoms with Crippen LogP contribution in [0.1, 0.15) is 30.2 Å². The van der Waals surface area contributed by atoms with Crippen LogP contribution in [-0.4, -0.2) is 0 Å². The molecule has 0 amide bonds. The molecule has 4 rings (SSSR count). The molecule has 0 saturated carbocycles. The molecule has 0 saturated heterocycles. The van der Waals surface area contributed by atoms with Crippen molar-refractivity contribution in [2.45, 2.75) is 32.6 Å². The summed E-state index contributed by atoms with van der Waals surface area (Å²) in [4.78, 5) is 3.62. The van der Waals surface area contributed by atoms with Crippen LogP contribution in [0.25, 0.3) is 10.9 Å². The third-order valence-corrected chi connectivity index (χ3v) is 4.66. The second-order valence-corrected chi connectivity index (χ2v) is 5.99. The number of rotatable bonds is 3. The lowest BCUT2D eigenvalue weighted by Gasteiger charge is -2.14. The van der Waals surface area contributed by atoms with Crippen LogP contribution in [0.2, 0.25) is 0 Å². The van der Waals surface area contributed by atoms with Crippen LogP contribution in [-0.2, 0) is 19.3 Å². The van der Waals surface area contributed by atoms with Gasteiger partial charge in [-0.05, 0) is 37.0 Å². The highest BCUT2D eigenvalue weighted by Crippen LogP contribution is 2.34. The Morgan fingerprint density at radius 1 is 1.00 bits per heavy atom. The summed E-state index contributed by atoms with van der Waals surface area (Å²) in [6.07, 6.45) is 4.60. The fourth-order valence-electron chi connectivity index (χ4n) is 3.52. The van der Waals surface area contributed by atoms with Gasteiger partial charge in [-0.2, -0.15) is 0 Å². The maximum Gasteiger partial charge on any atom is 0.213 e. The van der Waals surface area contributed by atoms with Crippen LogP contribution >= 0.6 is 0 Å². The van der Waals surface area contributed by atoms with E-state index >= 15 is 0 Å². The van der Waals surface area contributed by atoms with Crippen molar-refractivity contribution in [1.29, 1.82) is 0 Å². The first-order chi connectivity index (χ1) is 10.9. The molecule has 0 fully saturated rings. The van der Waals surface area contributed by atoms with Crippen molar-refractivity contribution in [3.63, 3.8) is 0 Å². The van der Waals surface area contributed by atoms with Gasteiger partial charge in [0.1, 0.15) is 0 Å². The molecule has 0 spiro atoms. The second kappa shape index (κ2) is 6.59. The fourth-order valence-corrected chi connectivity index (χ4v) is 3.52. The number of anilines is 2. The molecule has 0 unspecified atom stereocenters. The van der Waals surface area contributed by atoms with Gasteiger partial charge in [0.25, 0.3) is 0 Å². The first kappa shape index (κ1) is 15.8. The molecule has 2 N–H and O–H groups in total. The Balaban J connectivity index is 0.00000156. The van der Waals surface area contributed by atoms with E-state index in [0.717, 1.165) is 19.3 Å². The zero-order chi connectivity index (χ0) is 14.9. The van der Waals surface area contributed by atoms with E-state index in [1.54, 1.807) is 0 Å². The van der Waals surface area contributed by atoms with Crippen molar-refractivity contribution in [3.8, 4) is 0 Å². The Kier molecular flexibility index (Phi) is 4.53. The Morgan fingerprint density at radius 3 is 2.65 bits per heavy atom. The monoisotopic (exact) mass is 324 g/mol. The van der Waals surface area contributed by atoms with E-state index < -0.39 is 0 Å². The van der Waals surface area contributed by atoms with E-state index in [-0.39, 0.29) is 12.4 Å². The van der Waals surface area contributed by atoms with Gasteiger partial charge in [-0.15, -0.1) is 0 Å². The van der Waals surface area contributed by atoms with Crippen molar-refractivity contribution in [3.05, 3.63) is 65.4 Å². The van der Waals surface area contributed by atoms with E-state index in [1.807, 2.05) is 0 Å². The standard InChI is InChI=1S/C20H20N2.ClH/c1-2-14-8-3-5-11-17(14)22-20-15-9-4-6-12-18(15)21-19-13-7-10-16(19)20;/h3-6,8-9,11-12H,2,7,10,13H2,1H3,(H,21,22);1H. The molecule has 0 atom stereocenters. The number of halogens is 1. The summed E-state index contributed by atoms with van der Waals surface area (Å²) in [6, 6.07) is 17.2. The molecule has 3 aromatic rings. The van der Waals surface area contributed by atoms with Crippen LogP contribution in [0, 0.1) is 0 Å². The van der Waals surface area contributed by atoms with Gasteiger partial charge < -0.3 is 17.7 Å². The summed E-state index contributed by atoms with van der Waals surface area (Å²) in [7, 11) is 0. The molecule has 1 aliphatic carbocycles. The summed E-state index contributed by atoms with van der Waals surface area (Å²) < 4.78 is 0. The summed E-state index contributed by atoms with van der Waals surface area (Å²) in [5.41, 5.74) is 7.98. The van der Waals surface area contributed by atoms with E-state index in [1.165, 1.54) is 45.5 Å². The summed E-state index contributed by atoms with van der Waals surface area (Å²) in [5.74, 6) is 0. The topological polar surface area (TPSA) is 26.2 Å². The number of benzene rings is 2. The number of H-pyrrole nitrogens is 1. The first-order valence-electron chi connectivity index (χ1n) is 8.17. The molecule has 23 heavy (non-hydrogen) atoms. The SMILES string of the molecule is CCc1ccccc1Nc1c2c([nH+]c3ccccc13)CCC2.[Cl-]. The van der Waals surface area contributed by atoms with Crippen LogP contribution in [0.3, 0.4) is 0 Å². The average molecular weight is 325 g/mol. The van der Waals surface area contributed by atoms with Gasteiger partial charge in [0.2, 0.25) is 5.52 Å². The number of para-hydroxylation sites is 2. The van der Waals surface area contributed by atoms with Gasteiger partial charge >= 0.3 is 0 Å². The molecule has 118 valence electrons. The van der Waals surface area contributed by atoms with Crippen LogP contribution in [0.5, 0.6) is 0 Å². The van der Waals surface area contributed by atoms with E-state index in [2.05, 4.69) is 65.8 Å². The zero-order valence-corrected chi connectivity index (χ0v) is 14.1. The third-order valence-electron chi connectivity index (χ3n) is 4.66. The molecule has 2 nitrogen and oxygen atoms in total. The van der Waals surface area contributed by atoms with Crippen LogP contribution in [0.4, 0.5) is 11.4 Å². The Hall–Kier alpha value is -2.06. The molecular formula is C20H21ClN2. The number of aromatic amines is 1. The molecular weight excluding hydrogens is 304 g/mol. The molecule has 1 aromatic heterocycles. The minimum atomic E-state index is 0. The van der Waals surface area contributed by atoms with Gasteiger partial charge in [0.05, 0.1) is 11.1 Å². The van der Waals surface area contributed by atoms with Crippen LogP contribution in [0.15, 0.2) is 48.5 Å². The number of fused-ring (bicyclic) bond motifs is 2. The molecule has 0 bridgehead atoms. The average Bonchev–Trinajstić information content (AvgIpc) is 3.03. The lowest BCUT2D eigenvalue weighted by Crippen LogP contribution is -3.00. The van der Waals surface area contributed by atoms with Crippen molar-refractivity contribution in [2.24, 2.45) is 0 Å². The molecule has 1 aliphatic rings. The number of hydrogen-bond donors (Lipinski definition) is 1. The predicted octanol–water partition coefficient (Wildman–Crippen LogP) is 1.45. The number of aromatic nitrogens is 1. The van der Waals surface area contributed by atoms with E-state index in [4.69, 9.17) is 0 Å². The Morgan fingerprint density at radius 2 is 1.78 bits per heavy atom. The lowest BCUT2D eigenvalue weighted by molar-refractivity contribution is -0.356. The molecule has 1 heterocycles. The van der Waals surface area contributed by atoms with E-state index in [0.29, 0.717) is 0 Å². The smallest absolute Gasteiger partial charge is 0.213 e. The number of aryl methyl sites for hydroxylation is 2. The minimum Gasteiger partial charge on any atom is -1.00 e. The number of pyridine rings is 1.